The zero-order valence-electron chi connectivity index (χ0n) is 6.68. The van der Waals surface area contributed by atoms with Crippen LogP contribution in [0.2, 0.25) is 0 Å². The van der Waals surface area contributed by atoms with Crippen molar-refractivity contribution in [2.45, 2.75) is 27.1 Å². The molecule has 0 aliphatic heterocycles. The molecule has 8 heteroatoms. The second kappa shape index (κ2) is 5.28. The summed E-state index contributed by atoms with van der Waals surface area (Å²) in [5, 5.41) is 17.5. The highest BCUT2D eigenvalue weighted by molar-refractivity contribution is 6.75. The van der Waals surface area contributed by atoms with Crippen LogP contribution >= 0.6 is 58.0 Å². The molecule has 0 aromatic carbocycles. The Bertz CT molecular complexity index is 212. The van der Waals surface area contributed by atoms with Crippen molar-refractivity contribution in [3.8, 4) is 0 Å². The number of aliphatic hydroxyl groups is 1. The molecule has 0 heterocycles. The van der Waals surface area contributed by atoms with Crippen molar-refractivity contribution >= 4 is 64.0 Å². The number of carbonyl (C=O) groups is 1. The number of carboxylic acids is 1. The first-order valence-corrected chi connectivity index (χ1v) is 5.29. The van der Waals surface area contributed by atoms with Gasteiger partial charge in [0, 0.05) is 6.42 Å². The number of aliphatic carboxylic acids is 1. The molecule has 0 aromatic rings. The van der Waals surface area contributed by atoms with Gasteiger partial charge >= 0.3 is 5.97 Å². The summed E-state index contributed by atoms with van der Waals surface area (Å²) in [7, 11) is 0. The van der Waals surface area contributed by atoms with Crippen molar-refractivity contribution in [3.63, 3.8) is 0 Å². The molecule has 0 saturated heterocycles. The number of carboxylic acid groups (broad SMARTS) is 1. The van der Waals surface area contributed by atoms with Crippen LogP contribution in [0.3, 0.4) is 0 Å². The second-order valence-electron chi connectivity index (χ2n) is 2.66. The maximum atomic E-state index is 10.2. The first-order chi connectivity index (χ1) is 6.06. The molecule has 0 aliphatic rings. The average Bonchev–Trinajstić information content (AvgIpc) is 1.79. The minimum atomic E-state index is -1.99. The van der Waals surface area contributed by atoms with E-state index in [0.717, 1.165) is 0 Å². The molecule has 1 atom stereocenters. The molecule has 84 valence electrons. The number of aliphatic hydroxyl groups excluding tert-OH is 1. The van der Waals surface area contributed by atoms with E-state index in [-0.39, 0.29) is 6.42 Å². The van der Waals surface area contributed by atoms with Gasteiger partial charge < -0.3 is 10.2 Å². The molecule has 0 fully saturated rings. The van der Waals surface area contributed by atoms with E-state index in [1.165, 1.54) is 0 Å². The molecule has 0 aromatic heterocycles. The highest BCUT2D eigenvalue weighted by Crippen LogP contribution is 2.48. The molecule has 3 nitrogen and oxygen atoms in total. The molecule has 0 amide bonds. The van der Waals surface area contributed by atoms with Gasteiger partial charge in [-0.05, 0) is 0 Å². The van der Waals surface area contributed by atoms with Gasteiger partial charge in [0.15, 0.2) is 4.33 Å². The van der Waals surface area contributed by atoms with Crippen molar-refractivity contribution in [2.24, 2.45) is 0 Å². The lowest BCUT2D eigenvalue weighted by Gasteiger charge is -2.28. The average molecular weight is 304 g/mol. The van der Waals surface area contributed by atoms with Gasteiger partial charge in [-0.3, -0.25) is 4.79 Å². The molecule has 0 spiro atoms. The molecule has 0 rings (SSSR count). The maximum Gasteiger partial charge on any atom is 0.305 e. The zero-order valence-corrected chi connectivity index (χ0v) is 10.5. The van der Waals surface area contributed by atoms with Crippen LogP contribution in [-0.4, -0.2) is 30.4 Å². The van der Waals surface area contributed by atoms with E-state index < -0.39 is 26.6 Å². The Morgan fingerprint density at radius 2 is 1.64 bits per heavy atom. The fourth-order valence-corrected chi connectivity index (χ4v) is 1.27. The van der Waals surface area contributed by atoms with E-state index in [4.69, 9.17) is 63.1 Å². The normalized spacial score (nSPS) is 15.3. The van der Waals surface area contributed by atoms with Gasteiger partial charge in [0.2, 0.25) is 3.79 Å². The zero-order chi connectivity index (χ0) is 11.6. The summed E-state index contributed by atoms with van der Waals surface area (Å²) in [6, 6.07) is 0. The van der Waals surface area contributed by atoms with Crippen molar-refractivity contribution in [1.29, 1.82) is 0 Å². The molecule has 0 saturated carbocycles. The monoisotopic (exact) mass is 302 g/mol. The predicted molar refractivity (Wildman–Crippen MR) is 57.6 cm³/mol. The van der Waals surface area contributed by atoms with E-state index in [2.05, 4.69) is 0 Å². The standard InChI is InChI=1S/C6H7Cl5O3/c7-5(8,6(9,10)11)2-3(12)1-4(13)14/h3,12H,1-2H2,(H,13,14). The van der Waals surface area contributed by atoms with Crippen LogP contribution in [-0.2, 0) is 4.79 Å². The predicted octanol–water partition coefficient (Wildman–Crippen LogP) is 2.76. The van der Waals surface area contributed by atoms with E-state index >= 15 is 0 Å². The smallest absolute Gasteiger partial charge is 0.305 e. The van der Waals surface area contributed by atoms with Crippen molar-refractivity contribution in [3.05, 3.63) is 0 Å². The highest BCUT2D eigenvalue weighted by Gasteiger charge is 2.47. The summed E-state index contributed by atoms with van der Waals surface area (Å²) < 4.78 is -3.82. The largest absolute Gasteiger partial charge is 0.481 e. The SMILES string of the molecule is O=C(O)CC(O)CC(Cl)(Cl)C(Cl)(Cl)Cl. The Hall–Kier alpha value is 0.880. The summed E-state index contributed by atoms with van der Waals surface area (Å²) in [5.74, 6) is -1.19. The Balaban J connectivity index is 4.29. The summed E-state index contributed by atoms with van der Waals surface area (Å²) in [5.41, 5.74) is 0. The van der Waals surface area contributed by atoms with Crippen molar-refractivity contribution in [1.82, 2.24) is 0 Å². The fraction of sp³-hybridized carbons (Fsp3) is 0.833. The molecule has 14 heavy (non-hydrogen) atoms. The van der Waals surface area contributed by atoms with Gasteiger partial charge in [0.05, 0.1) is 12.5 Å². The van der Waals surface area contributed by atoms with E-state index in [9.17, 15) is 9.90 Å². The molecule has 1 unspecified atom stereocenters. The number of hydrogen-bond donors (Lipinski definition) is 2. The van der Waals surface area contributed by atoms with Gasteiger partial charge in [-0.2, -0.15) is 0 Å². The maximum absolute atomic E-state index is 10.2. The van der Waals surface area contributed by atoms with Gasteiger partial charge in [-0.1, -0.05) is 58.0 Å². The van der Waals surface area contributed by atoms with Crippen LogP contribution in [0, 0.1) is 0 Å². The number of halogens is 5. The van der Waals surface area contributed by atoms with Crippen LogP contribution in [0.15, 0.2) is 0 Å². The van der Waals surface area contributed by atoms with Gasteiger partial charge in [0.25, 0.3) is 0 Å². The summed E-state index contributed by atoms with van der Waals surface area (Å²) in [6.07, 6.45) is -2.13. The second-order valence-corrected chi connectivity index (χ2v) is 6.42. The minimum Gasteiger partial charge on any atom is -0.481 e. The van der Waals surface area contributed by atoms with E-state index in [1.807, 2.05) is 0 Å². The fourth-order valence-electron chi connectivity index (χ4n) is 0.685. The van der Waals surface area contributed by atoms with Crippen molar-refractivity contribution in [2.75, 3.05) is 0 Å². The Labute approximate surface area is 106 Å². The van der Waals surface area contributed by atoms with Crippen molar-refractivity contribution < 1.29 is 15.0 Å². The number of alkyl halides is 5. The molecular formula is C6H7Cl5O3. The molecule has 2 N–H and O–H groups in total. The number of hydrogen-bond acceptors (Lipinski definition) is 2. The third kappa shape index (κ3) is 5.10. The lowest BCUT2D eigenvalue weighted by atomic mass is 10.1. The Morgan fingerprint density at radius 3 is 1.93 bits per heavy atom. The van der Waals surface area contributed by atoms with Gasteiger partial charge in [0.1, 0.15) is 0 Å². The quantitative estimate of drug-likeness (QED) is 0.785. The third-order valence-electron chi connectivity index (χ3n) is 1.32. The minimum absolute atomic E-state index is 0.348. The molecule has 0 radical (unpaired) electrons. The molecular weight excluding hydrogens is 297 g/mol. The van der Waals surface area contributed by atoms with Crippen LogP contribution in [0.25, 0.3) is 0 Å². The number of rotatable bonds is 4. The lowest BCUT2D eigenvalue weighted by molar-refractivity contribution is -0.139. The van der Waals surface area contributed by atoms with Crippen LogP contribution < -0.4 is 0 Å². The topological polar surface area (TPSA) is 57.5 Å². The van der Waals surface area contributed by atoms with Crippen LogP contribution in [0.1, 0.15) is 12.8 Å². The first-order valence-electron chi connectivity index (χ1n) is 3.40. The Kier molecular flexibility index (Phi) is 5.61. The Morgan fingerprint density at radius 1 is 1.21 bits per heavy atom. The third-order valence-corrected chi connectivity index (χ3v) is 3.74. The van der Waals surface area contributed by atoms with Gasteiger partial charge in [-0.25, -0.2) is 0 Å². The first kappa shape index (κ1) is 14.9. The lowest BCUT2D eigenvalue weighted by Crippen LogP contribution is -2.35. The van der Waals surface area contributed by atoms with Gasteiger partial charge in [-0.15, -0.1) is 0 Å². The van der Waals surface area contributed by atoms with E-state index in [1.54, 1.807) is 0 Å². The summed E-state index contributed by atoms with van der Waals surface area (Å²) in [6.45, 7) is 0. The van der Waals surface area contributed by atoms with E-state index in [0.29, 0.717) is 0 Å². The summed E-state index contributed by atoms with van der Waals surface area (Å²) >= 11 is 27.5. The highest BCUT2D eigenvalue weighted by atomic mass is 35.6. The van der Waals surface area contributed by atoms with Crippen LogP contribution in [0.4, 0.5) is 0 Å². The summed E-state index contributed by atoms with van der Waals surface area (Å²) in [4.78, 5) is 10.2. The molecule has 0 aliphatic carbocycles. The molecule has 0 bridgehead atoms. The van der Waals surface area contributed by atoms with Crippen LogP contribution in [0.5, 0.6) is 0 Å².